The minimum Gasteiger partial charge on any atom is -0.353 e. The molecule has 0 aromatic heterocycles. The van der Waals surface area contributed by atoms with Crippen molar-refractivity contribution in [1.82, 2.24) is 5.32 Å². The second-order valence-corrected chi connectivity index (χ2v) is 11.4. The lowest BCUT2D eigenvalue weighted by Gasteiger charge is -2.57. The van der Waals surface area contributed by atoms with Crippen LogP contribution in [0.1, 0.15) is 65.7 Å². The van der Waals surface area contributed by atoms with E-state index in [1.54, 1.807) is 6.92 Å². The average Bonchev–Trinajstić information content (AvgIpc) is 2.89. The number of hydrogen-bond donors (Lipinski definition) is 3. The van der Waals surface area contributed by atoms with Crippen molar-refractivity contribution < 1.29 is 19.1 Å². The van der Waals surface area contributed by atoms with Crippen LogP contribution in [0, 0.1) is 28.6 Å². The molecule has 0 aromatic rings. The first-order chi connectivity index (χ1) is 12.6. The molecular formula is C21H32NO4P. The monoisotopic (exact) mass is 393 g/mol. The number of nitrogens with one attached hydrogen (secondary N) is 1. The van der Waals surface area contributed by atoms with Crippen molar-refractivity contribution in [2.45, 2.75) is 71.8 Å². The number of carbonyl (C=O) groups excluding carboxylic acids is 1. The predicted molar refractivity (Wildman–Crippen MR) is 105 cm³/mol. The zero-order chi connectivity index (χ0) is 19.6. The molecule has 2 saturated carbocycles. The molecule has 0 spiro atoms. The fraction of sp³-hybridized carbons (Fsp3) is 0.762. The highest BCUT2D eigenvalue weighted by Gasteiger charge is 2.58. The molecule has 0 bridgehead atoms. The number of hydrogen-bond acceptors (Lipinski definition) is 2. The SMILES string of the molecule is CC(=O)N[C@H]1CC[C@H]2[C@@H]3CC=C4C=C(P(=O)(O)O)CC[C@]4(C)[C@H]3CC[C@]12C. The van der Waals surface area contributed by atoms with E-state index in [0.29, 0.717) is 29.5 Å². The summed E-state index contributed by atoms with van der Waals surface area (Å²) < 4.78 is 11.7. The quantitative estimate of drug-likeness (QED) is 0.616. The standard InChI is InChI=1S/C21H32NO4P/c1-13(23)22-19-7-6-17-16-5-4-14-12-15(27(24,25)26)8-10-20(14,2)18(16)9-11-21(17,19)3/h4,12,16-19H,5-11H2,1-3H3,(H,22,23)(H2,24,25,26)/t16-,17-,18-,19-,20-,21-/m0/s1. The number of carbonyl (C=O) groups is 1. The van der Waals surface area contributed by atoms with Gasteiger partial charge in [-0.25, -0.2) is 0 Å². The topological polar surface area (TPSA) is 86.6 Å². The van der Waals surface area contributed by atoms with Gasteiger partial charge in [0.25, 0.3) is 0 Å². The third kappa shape index (κ3) is 2.97. The largest absolute Gasteiger partial charge is 0.353 e. The van der Waals surface area contributed by atoms with Crippen LogP contribution in [0.2, 0.25) is 0 Å². The first-order valence-electron chi connectivity index (χ1n) is 10.3. The van der Waals surface area contributed by atoms with Crippen molar-refractivity contribution in [1.29, 1.82) is 0 Å². The number of rotatable bonds is 2. The van der Waals surface area contributed by atoms with Gasteiger partial charge in [0.05, 0.1) is 0 Å². The van der Waals surface area contributed by atoms with Crippen LogP contribution >= 0.6 is 7.60 Å². The summed E-state index contributed by atoms with van der Waals surface area (Å²) in [4.78, 5) is 30.8. The Hall–Kier alpha value is -0.900. The van der Waals surface area contributed by atoms with Crippen LogP contribution in [0.5, 0.6) is 0 Å². The van der Waals surface area contributed by atoms with E-state index < -0.39 is 7.60 Å². The summed E-state index contributed by atoms with van der Waals surface area (Å²) in [6.07, 6.45) is 10.9. The smallest absolute Gasteiger partial charge is 0.352 e. The number of amides is 1. The van der Waals surface area contributed by atoms with Crippen LogP contribution in [0.3, 0.4) is 0 Å². The Morgan fingerprint density at radius 1 is 1.19 bits per heavy atom. The van der Waals surface area contributed by atoms with Gasteiger partial charge in [0.15, 0.2) is 0 Å². The van der Waals surface area contributed by atoms with E-state index in [4.69, 9.17) is 0 Å². The van der Waals surface area contributed by atoms with Crippen LogP contribution in [0.4, 0.5) is 0 Å². The number of fused-ring (bicyclic) bond motifs is 5. The van der Waals surface area contributed by atoms with Crippen molar-refractivity contribution in [3.8, 4) is 0 Å². The minimum absolute atomic E-state index is 0.0228. The van der Waals surface area contributed by atoms with Gasteiger partial charge in [0.2, 0.25) is 5.91 Å². The summed E-state index contributed by atoms with van der Waals surface area (Å²) in [5.41, 5.74) is 1.35. The van der Waals surface area contributed by atoms with E-state index >= 15 is 0 Å². The molecule has 0 saturated heterocycles. The van der Waals surface area contributed by atoms with Gasteiger partial charge in [-0.05, 0) is 85.2 Å². The van der Waals surface area contributed by atoms with E-state index in [-0.39, 0.29) is 22.8 Å². The molecule has 0 heterocycles. The molecule has 4 aliphatic carbocycles. The molecule has 5 nitrogen and oxygen atoms in total. The van der Waals surface area contributed by atoms with E-state index in [9.17, 15) is 19.1 Å². The molecule has 0 aromatic carbocycles. The Balaban J connectivity index is 1.64. The lowest BCUT2D eigenvalue weighted by molar-refractivity contribution is -0.121. The summed E-state index contributed by atoms with van der Waals surface area (Å²) in [6.45, 7) is 6.30. The van der Waals surface area contributed by atoms with E-state index in [1.807, 2.05) is 6.08 Å². The van der Waals surface area contributed by atoms with E-state index in [2.05, 4.69) is 25.2 Å². The van der Waals surface area contributed by atoms with Crippen LogP contribution in [-0.4, -0.2) is 21.7 Å². The second kappa shape index (κ2) is 6.30. The Bertz CT molecular complexity index is 768. The van der Waals surface area contributed by atoms with Gasteiger partial charge >= 0.3 is 7.60 Å². The van der Waals surface area contributed by atoms with Crippen LogP contribution in [0.25, 0.3) is 0 Å². The number of allylic oxidation sites excluding steroid dienone is 4. The van der Waals surface area contributed by atoms with Gasteiger partial charge in [-0.15, -0.1) is 0 Å². The Morgan fingerprint density at radius 2 is 1.93 bits per heavy atom. The Labute approximate surface area is 161 Å². The molecular weight excluding hydrogens is 361 g/mol. The molecule has 150 valence electrons. The van der Waals surface area contributed by atoms with Gasteiger partial charge < -0.3 is 15.1 Å². The molecule has 0 radical (unpaired) electrons. The fourth-order valence-electron chi connectivity index (χ4n) is 7.02. The van der Waals surface area contributed by atoms with Gasteiger partial charge in [0.1, 0.15) is 0 Å². The van der Waals surface area contributed by atoms with E-state index in [0.717, 1.165) is 37.7 Å². The van der Waals surface area contributed by atoms with Crippen LogP contribution < -0.4 is 5.32 Å². The zero-order valence-electron chi connectivity index (χ0n) is 16.6. The molecule has 0 aliphatic heterocycles. The molecule has 4 rings (SSSR count). The van der Waals surface area contributed by atoms with Gasteiger partial charge in [-0.3, -0.25) is 9.36 Å². The highest BCUT2D eigenvalue weighted by Crippen LogP contribution is 2.66. The fourth-order valence-corrected chi connectivity index (χ4v) is 7.73. The maximum Gasteiger partial charge on any atom is 0.352 e. The zero-order valence-corrected chi connectivity index (χ0v) is 17.5. The Morgan fingerprint density at radius 3 is 2.59 bits per heavy atom. The van der Waals surface area contributed by atoms with Gasteiger partial charge in [0, 0.05) is 18.3 Å². The van der Waals surface area contributed by atoms with Crippen LogP contribution in [-0.2, 0) is 9.36 Å². The summed E-state index contributed by atoms with van der Waals surface area (Å²) in [6, 6.07) is 0.284. The summed E-state index contributed by atoms with van der Waals surface area (Å²) in [7, 11) is -4.14. The minimum atomic E-state index is -4.14. The highest BCUT2D eigenvalue weighted by molar-refractivity contribution is 7.56. The third-order valence-electron chi connectivity index (χ3n) is 8.50. The second-order valence-electron chi connectivity index (χ2n) is 9.74. The van der Waals surface area contributed by atoms with Crippen molar-refractivity contribution in [2.24, 2.45) is 28.6 Å². The lowest BCUT2D eigenvalue weighted by atomic mass is 9.48. The molecule has 6 atom stereocenters. The molecule has 4 aliphatic rings. The molecule has 3 N–H and O–H groups in total. The third-order valence-corrected chi connectivity index (χ3v) is 9.60. The van der Waals surface area contributed by atoms with Crippen molar-refractivity contribution in [2.75, 3.05) is 0 Å². The molecule has 2 fully saturated rings. The molecule has 27 heavy (non-hydrogen) atoms. The summed E-state index contributed by atoms with van der Waals surface area (Å²) >= 11 is 0. The average molecular weight is 393 g/mol. The van der Waals surface area contributed by atoms with Crippen LogP contribution in [0.15, 0.2) is 23.0 Å². The Kier molecular flexibility index (Phi) is 4.53. The molecule has 0 unspecified atom stereocenters. The lowest BCUT2D eigenvalue weighted by Crippen LogP contribution is -2.53. The van der Waals surface area contributed by atoms with Crippen molar-refractivity contribution in [3.05, 3.63) is 23.0 Å². The highest BCUT2D eigenvalue weighted by atomic mass is 31.2. The summed E-state index contributed by atoms with van der Waals surface area (Å²) in [5, 5.41) is 3.52. The maximum absolute atomic E-state index is 11.7. The van der Waals surface area contributed by atoms with Crippen molar-refractivity contribution in [3.63, 3.8) is 0 Å². The van der Waals surface area contributed by atoms with Gasteiger partial charge in [-0.1, -0.05) is 19.9 Å². The van der Waals surface area contributed by atoms with E-state index in [1.165, 1.54) is 6.42 Å². The van der Waals surface area contributed by atoms with Crippen molar-refractivity contribution >= 4 is 13.5 Å². The molecule has 1 amide bonds. The normalized spacial score (nSPS) is 43.7. The first-order valence-corrected chi connectivity index (χ1v) is 11.9. The predicted octanol–water partition coefficient (Wildman–Crippen LogP) is 4.13. The summed E-state index contributed by atoms with van der Waals surface area (Å²) in [5.74, 6) is 1.88. The van der Waals surface area contributed by atoms with Gasteiger partial charge in [-0.2, -0.15) is 0 Å². The first kappa shape index (κ1) is 19.4. The molecule has 6 heteroatoms. The maximum atomic E-state index is 11.7.